The molecule has 0 saturated carbocycles. The molecule has 0 atom stereocenters. The quantitative estimate of drug-likeness (QED) is 0.622. The number of carbonyl (C=O) groups excluding carboxylic acids is 1. The summed E-state index contributed by atoms with van der Waals surface area (Å²) in [5, 5.41) is 0. The van der Waals surface area contributed by atoms with E-state index in [2.05, 4.69) is 0 Å². The fraction of sp³-hybridized carbons (Fsp3) is 0.182. The Morgan fingerprint density at radius 1 is 1.24 bits per heavy atom. The Balaban J connectivity index is 2.86. The highest BCUT2D eigenvalue weighted by atomic mass is 35.7. The third-order valence-electron chi connectivity index (χ3n) is 2.02. The Labute approximate surface area is 105 Å². The van der Waals surface area contributed by atoms with Crippen LogP contribution in [0, 0.1) is 0 Å². The SMILES string of the molecule is CN(C)C(=O)/C=C/c1ccc(S(=O)(=O)Cl)cc1. The van der Waals surface area contributed by atoms with Crippen LogP contribution < -0.4 is 0 Å². The van der Waals surface area contributed by atoms with Gasteiger partial charge in [0, 0.05) is 30.9 Å². The van der Waals surface area contributed by atoms with E-state index in [9.17, 15) is 13.2 Å². The molecule has 0 aromatic heterocycles. The molecule has 0 fully saturated rings. The number of hydrogen-bond acceptors (Lipinski definition) is 3. The van der Waals surface area contributed by atoms with Gasteiger partial charge in [0.2, 0.25) is 5.91 Å². The molecule has 0 aliphatic heterocycles. The van der Waals surface area contributed by atoms with Crippen LogP contribution in [-0.4, -0.2) is 33.3 Å². The minimum Gasteiger partial charge on any atom is -0.345 e. The molecule has 0 radical (unpaired) electrons. The van der Waals surface area contributed by atoms with E-state index in [1.54, 1.807) is 32.3 Å². The van der Waals surface area contributed by atoms with Crippen molar-refractivity contribution in [2.75, 3.05) is 14.1 Å². The average molecular weight is 274 g/mol. The monoisotopic (exact) mass is 273 g/mol. The number of hydrogen-bond donors (Lipinski definition) is 0. The number of rotatable bonds is 3. The van der Waals surface area contributed by atoms with Crippen molar-refractivity contribution in [1.82, 2.24) is 4.90 Å². The Bertz CT molecular complexity index is 532. The predicted molar refractivity (Wildman–Crippen MR) is 67.2 cm³/mol. The Hall–Kier alpha value is -1.33. The molecule has 0 saturated heterocycles. The summed E-state index contributed by atoms with van der Waals surface area (Å²) in [6.45, 7) is 0. The molecule has 0 heterocycles. The van der Waals surface area contributed by atoms with Gasteiger partial charge in [0.05, 0.1) is 4.90 Å². The van der Waals surface area contributed by atoms with Crippen molar-refractivity contribution in [3.8, 4) is 0 Å². The fourth-order valence-electron chi connectivity index (χ4n) is 1.06. The lowest BCUT2D eigenvalue weighted by Gasteiger charge is -2.05. The van der Waals surface area contributed by atoms with Gasteiger partial charge in [0.25, 0.3) is 9.05 Å². The highest BCUT2D eigenvalue weighted by Gasteiger charge is 2.08. The van der Waals surface area contributed by atoms with E-state index >= 15 is 0 Å². The van der Waals surface area contributed by atoms with Crippen LogP contribution in [0.25, 0.3) is 6.08 Å². The van der Waals surface area contributed by atoms with Gasteiger partial charge in [-0.3, -0.25) is 4.79 Å². The largest absolute Gasteiger partial charge is 0.345 e. The molecule has 0 N–H and O–H groups in total. The zero-order valence-corrected chi connectivity index (χ0v) is 11.0. The summed E-state index contributed by atoms with van der Waals surface area (Å²) in [6.07, 6.45) is 3.01. The maximum atomic E-state index is 11.3. The first-order chi connectivity index (χ1) is 7.80. The van der Waals surface area contributed by atoms with Crippen molar-refractivity contribution in [2.45, 2.75) is 4.90 Å². The molecule has 0 aliphatic carbocycles. The van der Waals surface area contributed by atoms with Crippen molar-refractivity contribution in [1.29, 1.82) is 0 Å². The van der Waals surface area contributed by atoms with Crippen LogP contribution in [0.1, 0.15) is 5.56 Å². The van der Waals surface area contributed by atoms with Crippen LogP contribution >= 0.6 is 10.7 Å². The second kappa shape index (κ2) is 5.33. The summed E-state index contributed by atoms with van der Waals surface area (Å²) in [7, 11) is 4.78. The molecular formula is C11H12ClNO3S. The van der Waals surface area contributed by atoms with Gasteiger partial charge in [-0.05, 0) is 23.8 Å². The molecule has 0 bridgehead atoms. The lowest BCUT2D eigenvalue weighted by Crippen LogP contribution is -2.18. The molecule has 0 aliphatic rings. The first-order valence-corrected chi connectivity index (χ1v) is 7.06. The summed E-state index contributed by atoms with van der Waals surface area (Å²) in [4.78, 5) is 12.7. The van der Waals surface area contributed by atoms with Crippen LogP contribution in [-0.2, 0) is 13.8 Å². The van der Waals surface area contributed by atoms with Crippen LogP contribution in [0.2, 0.25) is 0 Å². The van der Waals surface area contributed by atoms with Crippen molar-refractivity contribution >= 4 is 31.7 Å². The van der Waals surface area contributed by atoms with Crippen LogP contribution in [0.4, 0.5) is 0 Å². The number of carbonyl (C=O) groups is 1. The minimum absolute atomic E-state index is 0.0373. The molecule has 4 nitrogen and oxygen atoms in total. The molecule has 92 valence electrons. The molecule has 1 amide bonds. The number of likely N-dealkylation sites (N-methyl/N-ethyl adjacent to an activating group) is 1. The first-order valence-electron chi connectivity index (χ1n) is 4.75. The second-order valence-electron chi connectivity index (χ2n) is 3.57. The molecular weight excluding hydrogens is 262 g/mol. The second-order valence-corrected chi connectivity index (χ2v) is 6.14. The number of nitrogens with zero attached hydrogens (tertiary/aromatic N) is 1. The normalized spacial score (nSPS) is 11.7. The van der Waals surface area contributed by atoms with Crippen molar-refractivity contribution in [3.63, 3.8) is 0 Å². The molecule has 17 heavy (non-hydrogen) atoms. The highest BCUT2D eigenvalue weighted by molar-refractivity contribution is 8.13. The number of benzene rings is 1. The molecule has 6 heteroatoms. The zero-order chi connectivity index (χ0) is 13.1. The van der Waals surface area contributed by atoms with Crippen molar-refractivity contribution in [3.05, 3.63) is 35.9 Å². The molecule has 1 rings (SSSR count). The maximum Gasteiger partial charge on any atom is 0.261 e. The number of halogens is 1. The van der Waals surface area contributed by atoms with Gasteiger partial charge in [-0.25, -0.2) is 8.42 Å². The zero-order valence-electron chi connectivity index (χ0n) is 9.42. The highest BCUT2D eigenvalue weighted by Crippen LogP contribution is 2.15. The van der Waals surface area contributed by atoms with Gasteiger partial charge in [-0.15, -0.1) is 0 Å². The Kier molecular flexibility index (Phi) is 4.31. The summed E-state index contributed by atoms with van der Waals surface area (Å²) in [5.41, 5.74) is 0.726. The van der Waals surface area contributed by atoms with Crippen LogP contribution in [0.15, 0.2) is 35.2 Å². The molecule has 1 aromatic carbocycles. The van der Waals surface area contributed by atoms with E-state index < -0.39 is 9.05 Å². The van der Waals surface area contributed by atoms with Gasteiger partial charge in [0.1, 0.15) is 0 Å². The minimum atomic E-state index is -3.69. The van der Waals surface area contributed by atoms with E-state index in [4.69, 9.17) is 10.7 Å². The van der Waals surface area contributed by atoms with E-state index in [-0.39, 0.29) is 10.8 Å². The Morgan fingerprint density at radius 3 is 2.18 bits per heavy atom. The number of amides is 1. The smallest absolute Gasteiger partial charge is 0.261 e. The maximum absolute atomic E-state index is 11.3. The third kappa shape index (κ3) is 4.20. The van der Waals surface area contributed by atoms with E-state index in [0.29, 0.717) is 0 Å². The van der Waals surface area contributed by atoms with E-state index in [0.717, 1.165) is 5.56 Å². The lowest BCUT2D eigenvalue weighted by atomic mass is 10.2. The Morgan fingerprint density at radius 2 is 1.76 bits per heavy atom. The van der Waals surface area contributed by atoms with Crippen LogP contribution in [0.5, 0.6) is 0 Å². The van der Waals surface area contributed by atoms with Gasteiger partial charge < -0.3 is 4.90 Å². The van der Waals surface area contributed by atoms with Crippen molar-refractivity contribution < 1.29 is 13.2 Å². The van der Waals surface area contributed by atoms with Gasteiger partial charge in [-0.2, -0.15) is 0 Å². The molecule has 0 unspecified atom stereocenters. The van der Waals surface area contributed by atoms with Crippen LogP contribution in [0.3, 0.4) is 0 Å². The van der Waals surface area contributed by atoms with E-state index in [1.165, 1.54) is 23.1 Å². The van der Waals surface area contributed by atoms with Gasteiger partial charge in [-0.1, -0.05) is 12.1 Å². The topological polar surface area (TPSA) is 54.5 Å². The lowest BCUT2D eigenvalue weighted by molar-refractivity contribution is -0.123. The van der Waals surface area contributed by atoms with E-state index in [1.807, 2.05) is 0 Å². The average Bonchev–Trinajstić information content (AvgIpc) is 2.25. The predicted octanol–water partition coefficient (Wildman–Crippen LogP) is 1.72. The summed E-state index contributed by atoms with van der Waals surface area (Å²) < 4.78 is 22.0. The molecule has 1 aromatic rings. The standard InChI is InChI=1S/C11H12ClNO3S/c1-13(2)11(14)8-5-9-3-6-10(7-4-9)17(12,15)16/h3-8H,1-2H3/b8-5+. The van der Waals surface area contributed by atoms with Crippen molar-refractivity contribution in [2.24, 2.45) is 0 Å². The molecule has 0 spiro atoms. The summed E-state index contributed by atoms with van der Waals surface area (Å²) >= 11 is 0. The summed E-state index contributed by atoms with van der Waals surface area (Å²) in [5.74, 6) is -0.140. The fourth-order valence-corrected chi connectivity index (χ4v) is 1.83. The first kappa shape index (κ1) is 13.7. The van der Waals surface area contributed by atoms with Gasteiger partial charge >= 0.3 is 0 Å². The van der Waals surface area contributed by atoms with Gasteiger partial charge in [0.15, 0.2) is 0 Å². The summed E-state index contributed by atoms with van der Waals surface area (Å²) in [6, 6.07) is 5.94. The third-order valence-corrected chi connectivity index (χ3v) is 3.39.